The highest BCUT2D eigenvalue weighted by Gasteiger charge is 2.31. The predicted molar refractivity (Wildman–Crippen MR) is 255 cm³/mol. The average Bonchev–Trinajstić information content (AvgIpc) is 3.91. The predicted octanol–water partition coefficient (Wildman–Crippen LogP) is 10.4. The number of aromatic amines is 1. The molecule has 4 fully saturated rings. The number of rotatable bonds is 13. The Morgan fingerprint density at radius 2 is 1.21 bits per heavy atom. The van der Waals surface area contributed by atoms with Gasteiger partial charge >= 0.3 is 11.9 Å². The first-order valence-corrected chi connectivity index (χ1v) is 24.5. The summed E-state index contributed by atoms with van der Waals surface area (Å²) in [6.45, 7) is 8.30. The number of ether oxygens (including phenoxy) is 6. The van der Waals surface area contributed by atoms with Gasteiger partial charge in [-0.25, -0.2) is 33.0 Å². The van der Waals surface area contributed by atoms with Crippen LogP contribution in [0.15, 0.2) is 60.7 Å². The Kier molecular flexibility index (Phi) is 16.7. The molecule has 0 radical (unpaired) electrons. The summed E-state index contributed by atoms with van der Waals surface area (Å²) in [5.74, 6) is 1.48. The highest BCUT2D eigenvalue weighted by Crippen LogP contribution is 2.43. The van der Waals surface area contributed by atoms with Crippen LogP contribution in [0.1, 0.15) is 122 Å². The topological polar surface area (TPSA) is 162 Å². The fraction of sp³-hybridized carbons (Fsp3) is 0.480. The Morgan fingerprint density at radius 3 is 1.70 bits per heavy atom. The van der Waals surface area contributed by atoms with E-state index in [-0.39, 0.29) is 29.6 Å². The number of benzene rings is 2. The molecule has 4 aliphatic rings. The second kappa shape index (κ2) is 23.2. The number of hydrogen-bond acceptors (Lipinski definition) is 12. The highest BCUT2D eigenvalue weighted by atomic mass is 127. The number of halogens is 3. The van der Waals surface area contributed by atoms with Gasteiger partial charge in [-0.3, -0.25) is 5.10 Å². The summed E-state index contributed by atoms with van der Waals surface area (Å²) in [6.07, 6.45) is 10.7. The lowest BCUT2D eigenvalue weighted by molar-refractivity contribution is 0.0492. The number of esters is 2. The molecule has 1 N–H and O–H groups in total. The summed E-state index contributed by atoms with van der Waals surface area (Å²) >= 11 is 2.13. The normalized spacial score (nSPS) is 16.8. The second-order valence-corrected chi connectivity index (χ2v) is 18.4. The second-order valence-electron chi connectivity index (χ2n) is 17.2. The SMILES string of the molecule is CCOC(=O)c1cc(OCC2CCOCC2)c2c(C3CCC3)[nH]nc2n1.CCOC(=O)c1cc(OCC2CCOCC2)c2c(C3CCC3)nn(-c3ccc(F)cc3)c2n1.Fc1ccc(I)cc1. The number of fused-ring (bicyclic) bond motifs is 2. The average molecular weight is 1030 g/mol. The Balaban J connectivity index is 0.000000159. The molecule has 2 aliphatic carbocycles. The maximum Gasteiger partial charge on any atom is 0.357 e. The van der Waals surface area contributed by atoms with Crippen LogP contribution in [0.5, 0.6) is 11.5 Å². The quantitative estimate of drug-likeness (QED) is 0.0862. The van der Waals surface area contributed by atoms with E-state index in [2.05, 4.69) is 42.8 Å². The van der Waals surface area contributed by atoms with E-state index < -0.39 is 11.9 Å². The van der Waals surface area contributed by atoms with Crippen molar-refractivity contribution in [1.29, 1.82) is 0 Å². The molecule has 356 valence electrons. The maximum atomic E-state index is 13.6. The first-order chi connectivity index (χ1) is 32.7. The fourth-order valence-electron chi connectivity index (χ4n) is 8.36. The van der Waals surface area contributed by atoms with Crippen LogP contribution in [-0.4, -0.2) is 94.7 Å². The van der Waals surface area contributed by atoms with Crippen molar-refractivity contribution in [2.45, 2.75) is 89.9 Å². The van der Waals surface area contributed by atoms with Crippen molar-refractivity contribution in [3.8, 4) is 17.2 Å². The Morgan fingerprint density at radius 1 is 0.701 bits per heavy atom. The lowest BCUT2D eigenvalue weighted by Gasteiger charge is -2.25. The molecule has 2 saturated heterocycles. The van der Waals surface area contributed by atoms with E-state index in [1.54, 1.807) is 54.9 Å². The standard InChI is InChI=1S/C25H28FN3O4.C19H25N3O4.C6H4FI/c1-2-32-25(30)20-14-21(33-15-16-10-12-31-13-11-16)22-23(17-4-3-5-17)28-29(24(22)27-20)19-8-6-18(26)7-9-19;1-2-25-19(23)14-10-15(26-11-12-6-8-24-9-7-12)16-17(13-4-3-5-13)21-22-18(16)20-14;7-5-1-3-6(8)4-2-5/h6-9,14,16-17H,2-5,10-13,15H2,1H3;10,12-13H,2-9,11H2,1H3,(H,20,21,22);1-4H. The third kappa shape index (κ3) is 12.1. The van der Waals surface area contributed by atoms with Crippen molar-refractivity contribution in [3.05, 3.63) is 98.6 Å². The van der Waals surface area contributed by atoms with E-state index in [4.69, 9.17) is 33.5 Å². The molecule has 0 bridgehead atoms. The maximum absolute atomic E-state index is 13.6. The van der Waals surface area contributed by atoms with E-state index >= 15 is 0 Å². The third-order valence-corrected chi connectivity index (χ3v) is 13.3. The Bertz CT molecular complexity index is 2570. The number of carbonyl (C=O) groups is 2. The van der Waals surface area contributed by atoms with Crippen LogP contribution in [0.2, 0.25) is 0 Å². The zero-order valence-electron chi connectivity index (χ0n) is 37.9. The Hall–Kier alpha value is -5.27. The van der Waals surface area contributed by atoms with Crippen molar-refractivity contribution in [3.63, 3.8) is 0 Å². The molecule has 10 rings (SSSR count). The molecule has 0 amide bonds. The van der Waals surface area contributed by atoms with Gasteiger partial charge in [0.1, 0.15) is 23.1 Å². The van der Waals surface area contributed by atoms with Crippen molar-refractivity contribution >= 4 is 56.6 Å². The first kappa shape index (κ1) is 48.2. The number of nitrogens with one attached hydrogen (secondary N) is 1. The number of hydrogen-bond donors (Lipinski definition) is 1. The molecule has 2 aromatic carbocycles. The van der Waals surface area contributed by atoms with Crippen LogP contribution in [0, 0.1) is 27.0 Å². The molecular weight excluding hydrogens is 977 g/mol. The van der Waals surface area contributed by atoms with Crippen LogP contribution in [-0.2, 0) is 18.9 Å². The molecule has 6 aromatic rings. The van der Waals surface area contributed by atoms with Gasteiger partial charge < -0.3 is 28.4 Å². The summed E-state index contributed by atoms with van der Waals surface area (Å²) in [4.78, 5) is 33.8. The summed E-state index contributed by atoms with van der Waals surface area (Å²) in [5.41, 5.74) is 4.15. The number of pyridine rings is 2. The monoisotopic (exact) mass is 1030 g/mol. The van der Waals surface area contributed by atoms with Gasteiger partial charge in [0, 0.05) is 54.0 Å². The molecule has 2 aliphatic heterocycles. The zero-order chi connectivity index (χ0) is 46.7. The summed E-state index contributed by atoms with van der Waals surface area (Å²) < 4.78 is 62.1. The molecule has 0 spiro atoms. The van der Waals surface area contributed by atoms with Crippen LogP contribution in [0.25, 0.3) is 27.8 Å². The number of nitrogens with zero attached hydrogens (tertiary/aromatic N) is 5. The van der Waals surface area contributed by atoms with Gasteiger partial charge in [0.2, 0.25) is 0 Å². The van der Waals surface area contributed by atoms with Crippen LogP contribution < -0.4 is 9.47 Å². The molecule has 6 heterocycles. The first-order valence-electron chi connectivity index (χ1n) is 23.4. The largest absolute Gasteiger partial charge is 0.492 e. The van der Waals surface area contributed by atoms with Gasteiger partial charge in [-0.15, -0.1) is 0 Å². The van der Waals surface area contributed by atoms with E-state index in [9.17, 15) is 18.4 Å². The third-order valence-electron chi connectivity index (χ3n) is 12.6. The minimum Gasteiger partial charge on any atom is -0.492 e. The van der Waals surface area contributed by atoms with Crippen LogP contribution in [0.3, 0.4) is 0 Å². The lowest BCUT2D eigenvalue weighted by atomic mass is 9.82. The number of aromatic nitrogens is 6. The van der Waals surface area contributed by atoms with Crippen molar-refractivity contribution in [2.24, 2.45) is 11.8 Å². The van der Waals surface area contributed by atoms with E-state index in [0.717, 1.165) is 110 Å². The summed E-state index contributed by atoms with van der Waals surface area (Å²) in [7, 11) is 0. The molecule has 4 aromatic heterocycles. The fourth-order valence-corrected chi connectivity index (χ4v) is 8.72. The molecule has 17 heteroatoms. The smallest absolute Gasteiger partial charge is 0.357 e. The van der Waals surface area contributed by atoms with Gasteiger partial charge in [0.25, 0.3) is 0 Å². The molecule has 0 unspecified atom stereocenters. The summed E-state index contributed by atoms with van der Waals surface area (Å²) in [6, 6.07) is 15.8. The molecule has 0 atom stereocenters. The molecule has 67 heavy (non-hydrogen) atoms. The van der Waals surface area contributed by atoms with E-state index in [1.165, 1.54) is 30.7 Å². The van der Waals surface area contributed by atoms with Crippen LogP contribution in [0.4, 0.5) is 8.78 Å². The number of carbonyl (C=O) groups excluding carboxylic acids is 2. The van der Waals surface area contributed by atoms with Crippen molar-refractivity contribution < 1.29 is 46.8 Å². The highest BCUT2D eigenvalue weighted by molar-refractivity contribution is 14.1. The van der Waals surface area contributed by atoms with Gasteiger partial charge in [-0.2, -0.15) is 10.2 Å². The molecule has 14 nitrogen and oxygen atoms in total. The minimum atomic E-state index is -0.507. The van der Waals surface area contributed by atoms with E-state index in [0.29, 0.717) is 72.0 Å². The molecule has 2 saturated carbocycles. The minimum absolute atomic E-state index is 0.176. The van der Waals surface area contributed by atoms with Crippen LogP contribution >= 0.6 is 22.6 Å². The number of H-pyrrole nitrogens is 1. The Labute approximate surface area is 401 Å². The summed E-state index contributed by atoms with van der Waals surface area (Å²) in [5, 5.41) is 14.1. The molecular formula is C50H57F2IN6O8. The lowest BCUT2D eigenvalue weighted by Crippen LogP contribution is -2.21. The zero-order valence-corrected chi connectivity index (χ0v) is 40.1. The van der Waals surface area contributed by atoms with E-state index in [1.807, 2.05) is 0 Å². The van der Waals surface area contributed by atoms with Gasteiger partial charge in [0.05, 0.1) is 54.3 Å². The van der Waals surface area contributed by atoms with Gasteiger partial charge in [0.15, 0.2) is 22.7 Å². The van der Waals surface area contributed by atoms with Gasteiger partial charge in [-0.05, 0) is 148 Å². The van der Waals surface area contributed by atoms with Crippen molar-refractivity contribution in [1.82, 2.24) is 29.9 Å². The van der Waals surface area contributed by atoms with Gasteiger partial charge in [-0.1, -0.05) is 12.8 Å². The van der Waals surface area contributed by atoms with Crippen molar-refractivity contribution in [2.75, 3.05) is 52.9 Å².